The van der Waals surface area contributed by atoms with E-state index >= 15 is 0 Å². The number of nitrogens with zero attached hydrogens (tertiary/aromatic N) is 1. The fraction of sp³-hybridized carbons (Fsp3) is 0.630. The maximum absolute atomic E-state index is 13.1. The average Bonchev–Trinajstić information content (AvgIpc) is 3.24. The minimum absolute atomic E-state index is 0.0894. The molecule has 4 nitrogen and oxygen atoms in total. The number of nitrogens with one attached hydrogen (secondary N) is 1. The molecule has 1 aliphatic heterocycles. The number of hydrogen-bond acceptors (Lipinski definition) is 4. The minimum Gasteiger partial charge on any atom is -0.385 e. The number of aliphatic hydroxyl groups is 1. The zero-order chi connectivity index (χ0) is 24.2. The predicted molar refractivity (Wildman–Crippen MR) is 138 cm³/mol. The van der Waals surface area contributed by atoms with Crippen molar-refractivity contribution < 1.29 is 9.90 Å². The molecule has 1 aliphatic rings. The molecule has 0 spiro atoms. The van der Waals surface area contributed by atoms with Crippen LogP contribution in [0.15, 0.2) is 29.8 Å². The fourth-order valence-electron chi connectivity index (χ4n) is 4.24. The fourth-order valence-corrected chi connectivity index (χ4v) is 5.12. The van der Waals surface area contributed by atoms with Gasteiger partial charge in [-0.15, -0.1) is 11.8 Å². The van der Waals surface area contributed by atoms with Gasteiger partial charge in [-0.3, -0.25) is 4.79 Å². The standard InChI is InChI=1S/C27H42N2O2S/c1-9-32-25(17(2)3)21-14-12-20(13-15-21)18(4)23(28)24(30)22-11-10-16-29(22)26(31)19(5)27(6,7)8/h12-15,18-19,22,24,28,30H,9-11,16H2,1-8H3/t18-,19+,22-,24?/m0/s1. The lowest BCUT2D eigenvalue weighted by molar-refractivity contribution is -0.140. The molecule has 1 heterocycles. The zero-order valence-corrected chi connectivity index (χ0v) is 22.0. The summed E-state index contributed by atoms with van der Waals surface area (Å²) in [5, 5.41) is 19.8. The van der Waals surface area contributed by atoms with Crippen LogP contribution in [-0.2, 0) is 4.79 Å². The SMILES string of the molecule is CCSC(=C(C)C)c1ccc([C@H](C)C(=N)C(O)[C@@H]2CCCN2C(=O)[C@@H](C)C(C)(C)C)cc1. The molecule has 0 saturated carbocycles. The summed E-state index contributed by atoms with van der Waals surface area (Å²) in [5.74, 6) is 0.789. The quantitative estimate of drug-likeness (QED) is 0.446. The topological polar surface area (TPSA) is 64.4 Å². The molecule has 2 N–H and O–H groups in total. The third-order valence-corrected chi connectivity index (χ3v) is 8.04. The molecule has 2 rings (SSSR count). The Kier molecular flexibility index (Phi) is 9.18. The third kappa shape index (κ3) is 6.05. The molecule has 1 aromatic carbocycles. The van der Waals surface area contributed by atoms with Gasteiger partial charge in [-0.25, -0.2) is 0 Å². The van der Waals surface area contributed by atoms with E-state index in [1.54, 1.807) is 0 Å². The molecule has 1 fully saturated rings. The van der Waals surface area contributed by atoms with Crippen molar-refractivity contribution in [2.45, 2.75) is 86.3 Å². The molecular formula is C27H42N2O2S. The van der Waals surface area contributed by atoms with Gasteiger partial charge in [0.15, 0.2) is 0 Å². The number of carbonyl (C=O) groups excluding carboxylic acids is 1. The maximum atomic E-state index is 13.1. The first kappa shape index (κ1) is 26.7. The summed E-state index contributed by atoms with van der Waals surface area (Å²) in [6.07, 6.45) is 0.685. The number of rotatable bonds is 8. The van der Waals surface area contributed by atoms with Gasteiger partial charge < -0.3 is 15.4 Å². The van der Waals surface area contributed by atoms with Crippen LogP contribution in [0.5, 0.6) is 0 Å². The van der Waals surface area contributed by atoms with Crippen LogP contribution >= 0.6 is 11.8 Å². The van der Waals surface area contributed by atoms with Crippen molar-refractivity contribution in [2.75, 3.05) is 12.3 Å². The van der Waals surface area contributed by atoms with Gasteiger partial charge in [-0.1, -0.05) is 71.4 Å². The maximum Gasteiger partial charge on any atom is 0.226 e. The molecule has 1 aromatic rings. The highest BCUT2D eigenvalue weighted by atomic mass is 32.2. The Labute approximate surface area is 199 Å². The molecular weight excluding hydrogens is 416 g/mol. The zero-order valence-electron chi connectivity index (χ0n) is 21.2. The van der Waals surface area contributed by atoms with E-state index in [1.807, 2.05) is 30.5 Å². The number of aliphatic hydroxyl groups excluding tert-OH is 1. The molecule has 1 saturated heterocycles. The number of amides is 1. The first-order chi connectivity index (χ1) is 14.9. The van der Waals surface area contributed by atoms with Crippen molar-refractivity contribution in [3.05, 3.63) is 41.0 Å². The van der Waals surface area contributed by atoms with Crippen LogP contribution in [0, 0.1) is 16.7 Å². The second-order valence-electron chi connectivity index (χ2n) is 10.3. The van der Waals surface area contributed by atoms with E-state index in [1.165, 1.54) is 16.0 Å². The summed E-state index contributed by atoms with van der Waals surface area (Å²) in [7, 11) is 0. The van der Waals surface area contributed by atoms with Crippen molar-refractivity contribution in [1.82, 2.24) is 4.90 Å². The van der Waals surface area contributed by atoms with Gasteiger partial charge in [0.05, 0.1) is 6.04 Å². The number of allylic oxidation sites excluding steroid dienone is 1. The van der Waals surface area contributed by atoms with E-state index in [9.17, 15) is 9.90 Å². The van der Waals surface area contributed by atoms with Gasteiger partial charge in [0.1, 0.15) is 6.10 Å². The molecule has 1 amide bonds. The molecule has 0 radical (unpaired) electrons. The number of benzene rings is 1. The molecule has 5 heteroatoms. The van der Waals surface area contributed by atoms with Crippen molar-refractivity contribution in [2.24, 2.45) is 11.3 Å². The molecule has 4 atom stereocenters. The minimum atomic E-state index is -0.938. The first-order valence-electron chi connectivity index (χ1n) is 11.9. The Morgan fingerprint density at radius 2 is 1.81 bits per heavy atom. The number of thioether (sulfide) groups is 1. The van der Waals surface area contributed by atoms with Gasteiger partial charge in [-0.2, -0.15) is 0 Å². The van der Waals surface area contributed by atoms with Crippen molar-refractivity contribution in [3.8, 4) is 0 Å². The number of carbonyl (C=O) groups is 1. The molecule has 32 heavy (non-hydrogen) atoms. The lowest BCUT2D eigenvalue weighted by Gasteiger charge is -2.35. The first-order valence-corrected chi connectivity index (χ1v) is 12.9. The Morgan fingerprint density at radius 1 is 1.22 bits per heavy atom. The molecule has 0 bridgehead atoms. The normalized spacial score (nSPS) is 19.4. The third-order valence-electron chi connectivity index (χ3n) is 6.82. The van der Waals surface area contributed by atoms with Crippen LogP contribution in [0.25, 0.3) is 4.91 Å². The average molecular weight is 459 g/mol. The van der Waals surface area contributed by atoms with Crippen LogP contribution in [0.3, 0.4) is 0 Å². The smallest absolute Gasteiger partial charge is 0.226 e. The van der Waals surface area contributed by atoms with Crippen LogP contribution in [0.1, 0.15) is 85.3 Å². The monoisotopic (exact) mass is 458 g/mol. The number of hydrogen-bond donors (Lipinski definition) is 2. The van der Waals surface area contributed by atoms with E-state index in [4.69, 9.17) is 5.41 Å². The van der Waals surface area contributed by atoms with Gasteiger partial charge in [0, 0.05) is 29.0 Å². The van der Waals surface area contributed by atoms with Crippen LogP contribution in [0.2, 0.25) is 0 Å². The Morgan fingerprint density at radius 3 is 2.31 bits per heavy atom. The molecule has 178 valence electrons. The van der Waals surface area contributed by atoms with Crippen molar-refractivity contribution >= 4 is 28.3 Å². The molecule has 1 unspecified atom stereocenters. The van der Waals surface area contributed by atoms with Gasteiger partial charge in [-0.05, 0) is 49.0 Å². The van der Waals surface area contributed by atoms with Crippen LogP contribution in [-0.4, -0.2) is 46.1 Å². The van der Waals surface area contributed by atoms with E-state index in [-0.39, 0.29) is 34.9 Å². The molecule has 0 aliphatic carbocycles. The summed E-state index contributed by atoms with van der Waals surface area (Å²) in [5.41, 5.74) is 3.68. The summed E-state index contributed by atoms with van der Waals surface area (Å²) in [6.45, 7) is 17.3. The lowest BCUT2D eigenvalue weighted by Crippen LogP contribution is -2.50. The highest BCUT2D eigenvalue weighted by molar-refractivity contribution is 8.08. The van der Waals surface area contributed by atoms with Crippen LogP contribution < -0.4 is 0 Å². The Bertz CT molecular complexity index is 834. The van der Waals surface area contributed by atoms with Gasteiger partial charge in [0.2, 0.25) is 5.91 Å². The summed E-state index contributed by atoms with van der Waals surface area (Å²) >= 11 is 1.85. The van der Waals surface area contributed by atoms with Gasteiger partial charge in [0.25, 0.3) is 0 Å². The van der Waals surface area contributed by atoms with E-state index in [0.29, 0.717) is 6.54 Å². The Hall–Kier alpha value is -1.59. The largest absolute Gasteiger partial charge is 0.385 e. The second kappa shape index (κ2) is 11.0. The highest BCUT2D eigenvalue weighted by Gasteiger charge is 2.40. The summed E-state index contributed by atoms with van der Waals surface area (Å²) in [6, 6.07) is 8.07. The number of likely N-dealkylation sites (tertiary alicyclic amines) is 1. The predicted octanol–water partition coefficient (Wildman–Crippen LogP) is 6.35. The highest BCUT2D eigenvalue weighted by Crippen LogP contribution is 2.34. The van der Waals surface area contributed by atoms with Crippen LogP contribution in [0.4, 0.5) is 0 Å². The van der Waals surface area contributed by atoms with E-state index in [2.05, 4.69) is 65.8 Å². The Balaban J connectivity index is 2.16. The lowest BCUT2D eigenvalue weighted by atomic mass is 9.81. The summed E-state index contributed by atoms with van der Waals surface area (Å²) in [4.78, 5) is 16.2. The van der Waals surface area contributed by atoms with E-state index < -0.39 is 6.10 Å². The van der Waals surface area contributed by atoms with Crippen molar-refractivity contribution in [3.63, 3.8) is 0 Å². The van der Waals surface area contributed by atoms with E-state index in [0.717, 1.165) is 24.2 Å². The van der Waals surface area contributed by atoms with Gasteiger partial charge >= 0.3 is 0 Å². The second-order valence-corrected chi connectivity index (χ2v) is 11.6. The van der Waals surface area contributed by atoms with Crippen molar-refractivity contribution in [1.29, 1.82) is 5.41 Å². The molecule has 0 aromatic heterocycles. The summed E-state index contributed by atoms with van der Waals surface area (Å²) < 4.78 is 0.